The molecule has 1 rings (SSSR count). The van der Waals surface area contributed by atoms with Gasteiger partial charge in [-0.2, -0.15) is 52.7 Å². The van der Waals surface area contributed by atoms with Crippen LogP contribution in [0.15, 0.2) is 30.9 Å². The smallest absolute Gasteiger partial charge is 0.430 e. The molecule has 0 bridgehead atoms. The maximum absolute atomic E-state index is 13.0. The van der Waals surface area contributed by atoms with Crippen molar-refractivity contribution in [1.82, 2.24) is 0 Å². The predicted molar refractivity (Wildman–Crippen MR) is 74.1 cm³/mol. The van der Waals surface area contributed by atoms with Gasteiger partial charge in [-0.15, -0.1) is 0 Å². The first-order valence-electron chi connectivity index (χ1n) is 7.26. The molecule has 0 radical (unpaired) electrons. The van der Waals surface area contributed by atoms with Crippen LogP contribution in [-0.2, 0) is 11.2 Å². The lowest BCUT2D eigenvalue weighted by molar-refractivity contribution is -0.378. The highest BCUT2D eigenvalue weighted by Crippen LogP contribution is 2.54. The monoisotopic (exact) mass is 466 g/mol. The van der Waals surface area contributed by atoms with Gasteiger partial charge in [-0.1, -0.05) is 12.7 Å². The van der Waals surface area contributed by atoms with Gasteiger partial charge in [0.15, 0.2) is 0 Å². The molecule has 0 fully saturated rings. The molecule has 0 aromatic heterocycles. The van der Waals surface area contributed by atoms with Gasteiger partial charge in [0.05, 0.1) is 0 Å². The Labute approximate surface area is 159 Å². The van der Waals surface area contributed by atoms with Crippen molar-refractivity contribution in [2.75, 3.05) is 6.61 Å². The summed E-state index contributed by atoms with van der Waals surface area (Å²) in [5, 5.41) is 18.7. The van der Waals surface area contributed by atoms with E-state index in [9.17, 15) is 62.9 Å². The summed E-state index contributed by atoms with van der Waals surface area (Å²) < 4.78 is 161. The second-order valence-electron chi connectivity index (χ2n) is 5.76. The van der Waals surface area contributed by atoms with Gasteiger partial charge in [0.25, 0.3) is 11.2 Å². The summed E-state index contributed by atoms with van der Waals surface area (Å²) in [7, 11) is 0. The van der Waals surface area contributed by atoms with Gasteiger partial charge < -0.3 is 14.9 Å². The molecule has 172 valence electrons. The summed E-state index contributed by atoms with van der Waals surface area (Å²) in [6, 6.07) is -1.43. The molecule has 30 heavy (non-hydrogen) atoms. The molecule has 0 saturated heterocycles. The minimum atomic E-state index is -6.63. The van der Waals surface area contributed by atoms with Crippen molar-refractivity contribution in [3.63, 3.8) is 0 Å². The highest BCUT2D eigenvalue weighted by atomic mass is 19.4. The van der Waals surface area contributed by atoms with Gasteiger partial charge in [-0.3, -0.25) is 0 Å². The number of benzene rings is 1. The summed E-state index contributed by atoms with van der Waals surface area (Å²) >= 11 is 0. The fraction of sp³-hybridized carbons (Fsp3) is 0.467. The minimum Gasteiger partial charge on any atom is -0.490 e. The molecule has 0 saturated carbocycles. The highest BCUT2D eigenvalue weighted by molar-refractivity contribution is 5.43. The molecular weight excluding hydrogens is 456 g/mol. The zero-order valence-electron chi connectivity index (χ0n) is 14.1. The molecular formula is C15H10F12O3. The molecule has 1 aromatic rings. The van der Waals surface area contributed by atoms with E-state index in [0.717, 1.165) is 6.08 Å². The molecule has 3 nitrogen and oxygen atoms in total. The standard InChI is InChI=1S/C15H10F12O3/c1-2-3-30-9-5-7(10(28,12(16,17)18)13(19,20)21)4-8(6-9)11(29,14(22,23)24)15(25,26)27/h2,4-6,28-29H,1,3H2. The lowest BCUT2D eigenvalue weighted by Gasteiger charge is -2.36. The van der Waals surface area contributed by atoms with E-state index in [2.05, 4.69) is 11.3 Å². The molecule has 0 aliphatic rings. The average Bonchev–Trinajstić information content (AvgIpc) is 2.53. The normalized spacial score (nSPS) is 14.6. The van der Waals surface area contributed by atoms with Crippen LogP contribution in [0.25, 0.3) is 0 Å². The molecule has 2 N–H and O–H groups in total. The largest absolute Gasteiger partial charge is 0.490 e. The van der Waals surface area contributed by atoms with E-state index in [0.29, 0.717) is 0 Å². The maximum Gasteiger partial charge on any atom is 0.430 e. The van der Waals surface area contributed by atoms with Crippen molar-refractivity contribution >= 4 is 0 Å². The third kappa shape index (κ3) is 4.17. The van der Waals surface area contributed by atoms with Crippen molar-refractivity contribution in [3.8, 4) is 5.75 Å². The minimum absolute atomic E-state index is 0.263. The molecule has 1 aromatic carbocycles. The van der Waals surface area contributed by atoms with Crippen LogP contribution in [-0.4, -0.2) is 41.5 Å². The lowest BCUT2D eigenvalue weighted by Crippen LogP contribution is -2.55. The van der Waals surface area contributed by atoms with Gasteiger partial charge >= 0.3 is 24.7 Å². The Morgan fingerprint density at radius 3 is 1.20 bits per heavy atom. The number of hydrogen-bond donors (Lipinski definition) is 2. The zero-order chi connectivity index (χ0) is 24.0. The van der Waals surface area contributed by atoms with Crippen LogP contribution in [0.5, 0.6) is 5.75 Å². The lowest BCUT2D eigenvalue weighted by atomic mass is 9.85. The Balaban J connectivity index is 4.04. The molecule has 0 amide bonds. The first-order chi connectivity index (χ1) is 13.1. The van der Waals surface area contributed by atoms with Crippen LogP contribution >= 0.6 is 0 Å². The van der Waals surface area contributed by atoms with Crippen LogP contribution in [0.4, 0.5) is 52.7 Å². The van der Waals surface area contributed by atoms with Crippen LogP contribution in [0.3, 0.4) is 0 Å². The molecule has 15 heteroatoms. The van der Waals surface area contributed by atoms with Crippen molar-refractivity contribution < 1.29 is 67.6 Å². The fourth-order valence-electron chi connectivity index (χ4n) is 2.23. The SMILES string of the molecule is C=CCOc1cc(C(O)(C(F)(F)F)C(F)(F)F)cc(C(O)(C(F)(F)F)C(F)(F)F)c1. The van der Waals surface area contributed by atoms with E-state index in [1.54, 1.807) is 0 Å². The number of hydrogen-bond acceptors (Lipinski definition) is 3. The molecule has 0 aliphatic heterocycles. The first-order valence-corrected chi connectivity index (χ1v) is 7.26. The predicted octanol–water partition coefficient (Wildman–Crippen LogP) is 4.88. The summed E-state index contributed by atoms with van der Waals surface area (Å²) in [5.74, 6) is -1.37. The van der Waals surface area contributed by atoms with Gasteiger partial charge in [0.1, 0.15) is 12.4 Å². The van der Waals surface area contributed by atoms with E-state index in [4.69, 9.17) is 0 Å². The number of alkyl halides is 12. The second kappa shape index (κ2) is 7.51. The summed E-state index contributed by atoms with van der Waals surface area (Å²) in [4.78, 5) is 0. The molecule has 0 unspecified atom stereocenters. The third-order valence-electron chi connectivity index (χ3n) is 3.75. The van der Waals surface area contributed by atoms with Crippen molar-refractivity contribution in [1.29, 1.82) is 0 Å². The van der Waals surface area contributed by atoms with Crippen LogP contribution in [0.2, 0.25) is 0 Å². The zero-order valence-corrected chi connectivity index (χ0v) is 14.1. The maximum atomic E-state index is 13.0. The summed E-state index contributed by atoms with van der Waals surface area (Å²) in [5.41, 5.74) is -16.8. The molecule has 0 heterocycles. The molecule has 0 spiro atoms. The van der Waals surface area contributed by atoms with Crippen LogP contribution in [0, 0.1) is 0 Å². The summed E-state index contributed by atoms with van der Waals surface area (Å²) in [6.07, 6.45) is -25.7. The fourth-order valence-corrected chi connectivity index (χ4v) is 2.23. The Bertz CT molecular complexity index is 689. The Morgan fingerprint density at radius 2 is 0.967 bits per heavy atom. The quantitative estimate of drug-likeness (QED) is 0.481. The third-order valence-corrected chi connectivity index (χ3v) is 3.75. The second-order valence-corrected chi connectivity index (χ2v) is 5.76. The van der Waals surface area contributed by atoms with Crippen LogP contribution < -0.4 is 4.74 Å². The molecule has 0 aliphatic carbocycles. The van der Waals surface area contributed by atoms with Crippen molar-refractivity contribution in [3.05, 3.63) is 42.0 Å². The van der Waals surface area contributed by atoms with Gasteiger partial charge in [-0.05, 0) is 18.2 Å². The number of aliphatic hydroxyl groups is 2. The van der Waals surface area contributed by atoms with E-state index < -0.39 is 65.5 Å². The van der Waals surface area contributed by atoms with Gasteiger partial charge in [0, 0.05) is 11.1 Å². The summed E-state index contributed by atoms with van der Waals surface area (Å²) in [6.45, 7) is 2.26. The Hall–Kier alpha value is -2.16. The van der Waals surface area contributed by atoms with Gasteiger partial charge in [0.2, 0.25) is 0 Å². The Morgan fingerprint density at radius 1 is 0.667 bits per heavy atom. The van der Waals surface area contributed by atoms with Gasteiger partial charge in [-0.25, -0.2) is 0 Å². The highest BCUT2D eigenvalue weighted by Gasteiger charge is 2.74. The Kier molecular flexibility index (Phi) is 6.48. The van der Waals surface area contributed by atoms with E-state index in [1.165, 1.54) is 0 Å². The van der Waals surface area contributed by atoms with Crippen molar-refractivity contribution in [2.24, 2.45) is 0 Å². The topological polar surface area (TPSA) is 49.7 Å². The van der Waals surface area contributed by atoms with Crippen LogP contribution in [0.1, 0.15) is 11.1 Å². The van der Waals surface area contributed by atoms with E-state index in [1.807, 2.05) is 0 Å². The number of ether oxygens (including phenoxy) is 1. The number of rotatable bonds is 5. The molecule has 0 atom stereocenters. The number of halogens is 12. The van der Waals surface area contributed by atoms with Crippen molar-refractivity contribution in [2.45, 2.75) is 35.9 Å². The van der Waals surface area contributed by atoms with E-state index in [-0.39, 0.29) is 12.1 Å². The van der Waals surface area contributed by atoms with E-state index >= 15 is 0 Å². The average molecular weight is 466 g/mol. The first kappa shape index (κ1) is 25.9.